The van der Waals surface area contributed by atoms with Crippen LogP contribution in [-0.2, 0) is 5.67 Å². The Morgan fingerprint density at radius 2 is 1.62 bits per heavy atom. The standard InChI is InChI=1S/C12H14F3N/c13-9-2-1-3-10(14)11(9)12(15)6-4-8(16)5-7-12/h1-3,8H,4-7,16H2. The molecule has 0 unspecified atom stereocenters. The van der Waals surface area contributed by atoms with Crippen molar-refractivity contribution in [1.29, 1.82) is 0 Å². The SMILES string of the molecule is NC1CCC(F)(c2c(F)cccc2F)CC1. The molecule has 0 aromatic heterocycles. The monoisotopic (exact) mass is 229 g/mol. The van der Waals surface area contributed by atoms with Gasteiger partial charge in [-0.25, -0.2) is 13.2 Å². The Morgan fingerprint density at radius 3 is 2.12 bits per heavy atom. The number of hydrogen-bond donors (Lipinski definition) is 1. The topological polar surface area (TPSA) is 26.0 Å². The van der Waals surface area contributed by atoms with Gasteiger partial charge in [0.1, 0.15) is 17.3 Å². The lowest BCUT2D eigenvalue weighted by atomic mass is 9.79. The average Bonchev–Trinajstić information content (AvgIpc) is 2.23. The molecule has 2 N–H and O–H groups in total. The number of nitrogens with two attached hydrogens (primary N) is 1. The normalized spacial score (nSPS) is 30.4. The molecule has 1 aromatic carbocycles. The van der Waals surface area contributed by atoms with E-state index in [0.717, 1.165) is 12.1 Å². The zero-order valence-electron chi connectivity index (χ0n) is 8.85. The second-order valence-corrected chi connectivity index (χ2v) is 4.40. The Bertz CT molecular complexity index is 364. The maximum absolute atomic E-state index is 14.5. The minimum absolute atomic E-state index is 0.0568. The summed E-state index contributed by atoms with van der Waals surface area (Å²) in [5.74, 6) is -1.61. The first-order valence-corrected chi connectivity index (χ1v) is 5.42. The Balaban J connectivity index is 2.36. The molecule has 1 aromatic rings. The van der Waals surface area contributed by atoms with Gasteiger partial charge in [0.2, 0.25) is 0 Å². The predicted octanol–water partition coefficient (Wildman–Crippen LogP) is 3.03. The third-order valence-corrected chi connectivity index (χ3v) is 3.23. The summed E-state index contributed by atoms with van der Waals surface area (Å²) in [6.45, 7) is 0. The van der Waals surface area contributed by atoms with E-state index in [-0.39, 0.29) is 18.9 Å². The first-order chi connectivity index (χ1) is 7.53. The highest BCUT2D eigenvalue weighted by Crippen LogP contribution is 2.42. The summed E-state index contributed by atoms with van der Waals surface area (Å²) in [6, 6.07) is 3.37. The lowest BCUT2D eigenvalue weighted by molar-refractivity contribution is 0.0888. The molecule has 0 spiro atoms. The first-order valence-electron chi connectivity index (χ1n) is 5.42. The van der Waals surface area contributed by atoms with Crippen molar-refractivity contribution in [2.75, 3.05) is 0 Å². The lowest BCUT2D eigenvalue weighted by Gasteiger charge is -2.33. The van der Waals surface area contributed by atoms with Crippen LogP contribution in [0.3, 0.4) is 0 Å². The predicted molar refractivity (Wildman–Crippen MR) is 55.6 cm³/mol. The fraction of sp³-hybridized carbons (Fsp3) is 0.500. The molecule has 1 aliphatic rings. The van der Waals surface area contributed by atoms with Crippen molar-refractivity contribution in [3.63, 3.8) is 0 Å². The molecular formula is C12H14F3N. The van der Waals surface area contributed by atoms with Gasteiger partial charge in [-0.2, -0.15) is 0 Å². The molecule has 88 valence electrons. The van der Waals surface area contributed by atoms with Crippen LogP contribution in [0.25, 0.3) is 0 Å². The van der Waals surface area contributed by atoms with Gasteiger partial charge in [-0.1, -0.05) is 6.07 Å². The fourth-order valence-electron chi connectivity index (χ4n) is 2.27. The van der Waals surface area contributed by atoms with E-state index < -0.39 is 22.9 Å². The van der Waals surface area contributed by atoms with Crippen molar-refractivity contribution in [1.82, 2.24) is 0 Å². The number of rotatable bonds is 1. The van der Waals surface area contributed by atoms with E-state index in [1.54, 1.807) is 0 Å². The Morgan fingerprint density at radius 1 is 1.12 bits per heavy atom. The molecule has 0 saturated heterocycles. The van der Waals surface area contributed by atoms with Crippen LogP contribution in [0.1, 0.15) is 31.2 Å². The third-order valence-electron chi connectivity index (χ3n) is 3.23. The minimum Gasteiger partial charge on any atom is -0.328 e. The summed E-state index contributed by atoms with van der Waals surface area (Å²) in [4.78, 5) is 0. The largest absolute Gasteiger partial charge is 0.328 e. The van der Waals surface area contributed by atoms with E-state index in [4.69, 9.17) is 5.73 Å². The summed E-state index contributed by atoms with van der Waals surface area (Å²) in [5.41, 5.74) is 3.33. The van der Waals surface area contributed by atoms with Crippen molar-refractivity contribution in [2.24, 2.45) is 5.73 Å². The molecule has 0 atom stereocenters. The second kappa shape index (κ2) is 4.09. The van der Waals surface area contributed by atoms with Crippen molar-refractivity contribution in [2.45, 2.75) is 37.4 Å². The van der Waals surface area contributed by atoms with E-state index >= 15 is 0 Å². The van der Waals surface area contributed by atoms with Crippen molar-refractivity contribution in [3.05, 3.63) is 35.4 Å². The van der Waals surface area contributed by atoms with Crippen LogP contribution in [0.15, 0.2) is 18.2 Å². The number of benzene rings is 1. The van der Waals surface area contributed by atoms with Crippen LogP contribution in [-0.4, -0.2) is 6.04 Å². The van der Waals surface area contributed by atoms with Crippen LogP contribution >= 0.6 is 0 Å². The van der Waals surface area contributed by atoms with Crippen LogP contribution in [0.5, 0.6) is 0 Å². The highest BCUT2D eigenvalue weighted by Gasteiger charge is 2.40. The first kappa shape index (κ1) is 11.5. The highest BCUT2D eigenvalue weighted by atomic mass is 19.2. The van der Waals surface area contributed by atoms with Gasteiger partial charge in [0.15, 0.2) is 0 Å². The van der Waals surface area contributed by atoms with Gasteiger partial charge in [-0.15, -0.1) is 0 Å². The molecule has 1 fully saturated rings. The minimum atomic E-state index is -1.90. The molecule has 1 aliphatic carbocycles. The summed E-state index contributed by atoms with van der Waals surface area (Å²) >= 11 is 0. The molecule has 1 saturated carbocycles. The number of halogens is 3. The van der Waals surface area contributed by atoms with Gasteiger partial charge in [0, 0.05) is 6.04 Å². The number of alkyl halides is 1. The molecule has 0 heterocycles. The van der Waals surface area contributed by atoms with Gasteiger partial charge in [-0.3, -0.25) is 0 Å². The van der Waals surface area contributed by atoms with Gasteiger partial charge < -0.3 is 5.73 Å². The fourth-order valence-corrected chi connectivity index (χ4v) is 2.27. The summed E-state index contributed by atoms with van der Waals surface area (Å²) in [6.07, 6.45) is 1.10. The van der Waals surface area contributed by atoms with E-state index in [1.807, 2.05) is 0 Å². The maximum atomic E-state index is 14.5. The van der Waals surface area contributed by atoms with E-state index in [0.29, 0.717) is 12.8 Å². The van der Waals surface area contributed by atoms with Gasteiger partial charge in [-0.05, 0) is 37.8 Å². The smallest absolute Gasteiger partial charge is 0.141 e. The van der Waals surface area contributed by atoms with Gasteiger partial charge in [0.05, 0.1) is 5.56 Å². The van der Waals surface area contributed by atoms with Crippen LogP contribution in [0, 0.1) is 11.6 Å². The van der Waals surface area contributed by atoms with Gasteiger partial charge in [0.25, 0.3) is 0 Å². The molecule has 2 rings (SSSR count). The lowest BCUT2D eigenvalue weighted by Crippen LogP contribution is -2.35. The Hall–Kier alpha value is -1.03. The van der Waals surface area contributed by atoms with Crippen LogP contribution in [0.2, 0.25) is 0 Å². The molecular weight excluding hydrogens is 215 g/mol. The number of hydrogen-bond acceptors (Lipinski definition) is 1. The van der Waals surface area contributed by atoms with Crippen molar-refractivity contribution >= 4 is 0 Å². The second-order valence-electron chi connectivity index (χ2n) is 4.40. The summed E-state index contributed by atoms with van der Waals surface area (Å²) in [7, 11) is 0. The molecule has 16 heavy (non-hydrogen) atoms. The van der Waals surface area contributed by atoms with Crippen molar-refractivity contribution < 1.29 is 13.2 Å². The molecule has 4 heteroatoms. The molecule has 0 aliphatic heterocycles. The third kappa shape index (κ3) is 1.94. The zero-order valence-corrected chi connectivity index (χ0v) is 8.85. The quantitative estimate of drug-likeness (QED) is 0.787. The van der Waals surface area contributed by atoms with Crippen molar-refractivity contribution in [3.8, 4) is 0 Å². The van der Waals surface area contributed by atoms with E-state index in [2.05, 4.69) is 0 Å². The van der Waals surface area contributed by atoms with Crippen LogP contribution in [0.4, 0.5) is 13.2 Å². The van der Waals surface area contributed by atoms with Crippen LogP contribution < -0.4 is 5.73 Å². The molecule has 0 radical (unpaired) electrons. The highest BCUT2D eigenvalue weighted by molar-refractivity contribution is 5.27. The summed E-state index contributed by atoms with van der Waals surface area (Å²) < 4.78 is 41.4. The van der Waals surface area contributed by atoms with E-state index in [9.17, 15) is 13.2 Å². The zero-order chi connectivity index (χ0) is 11.8. The molecule has 0 bridgehead atoms. The molecule has 1 nitrogen and oxygen atoms in total. The summed E-state index contributed by atoms with van der Waals surface area (Å²) in [5, 5.41) is 0. The Kier molecular flexibility index (Phi) is 2.93. The average molecular weight is 229 g/mol. The van der Waals surface area contributed by atoms with Gasteiger partial charge >= 0.3 is 0 Å². The maximum Gasteiger partial charge on any atom is 0.141 e. The molecule has 0 amide bonds. The Labute approximate surface area is 92.5 Å². The van der Waals surface area contributed by atoms with E-state index in [1.165, 1.54) is 6.07 Å².